The van der Waals surface area contributed by atoms with Crippen LogP contribution in [0, 0.1) is 0 Å². The van der Waals surface area contributed by atoms with Gasteiger partial charge < -0.3 is 5.32 Å². The number of benzene rings is 1. The molecule has 4 heteroatoms. The average Bonchev–Trinajstić information content (AvgIpc) is 2.20. The minimum atomic E-state index is 0.615. The third kappa shape index (κ3) is 4.39. The largest absolute Gasteiger partial charge is 0.307 e. The molecule has 84 valence electrons. The van der Waals surface area contributed by atoms with Gasteiger partial charge in [0.2, 0.25) is 0 Å². The van der Waals surface area contributed by atoms with Gasteiger partial charge in [0.15, 0.2) is 0 Å². The van der Waals surface area contributed by atoms with E-state index in [2.05, 4.69) is 17.3 Å². The first-order valence-electron chi connectivity index (χ1n) is 4.90. The molecule has 1 rings (SSSR count). The predicted octanol–water partition coefficient (Wildman–Crippen LogP) is 2.64. The van der Waals surface area contributed by atoms with Crippen LogP contribution in [0.25, 0.3) is 0 Å². The molecule has 0 saturated heterocycles. The molecule has 0 amide bonds. The first-order valence-corrected chi connectivity index (χ1v) is 5.66. The van der Waals surface area contributed by atoms with E-state index >= 15 is 0 Å². The Balaban J connectivity index is 2.47. The number of halogens is 2. The number of hydrogen-bond acceptors (Lipinski definition) is 2. The Morgan fingerprint density at radius 2 is 2.00 bits per heavy atom. The molecular weight excluding hydrogens is 231 g/mol. The highest BCUT2D eigenvalue weighted by atomic mass is 35.5. The SMILES string of the molecule is CNCN(C)CCc1ccc(Cl)c(Cl)c1. The van der Waals surface area contributed by atoms with Gasteiger partial charge in [-0.05, 0) is 38.2 Å². The molecule has 0 aliphatic heterocycles. The van der Waals surface area contributed by atoms with Gasteiger partial charge in [0, 0.05) is 13.2 Å². The second-order valence-corrected chi connectivity index (χ2v) is 4.40. The fourth-order valence-electron chi connectivity index (χ4n) is 1.36. The highest BCUT2D eigenvalue weighted by molar-refractivity contribution is 6.42. The van der Waals surface area contributed by atoms with Crippen molar-refractivity contribution in [1.82, 2.24) is 10.2 Å². The zero-order chi connectivity index (χ0) is 11.3. The third-order valence-corrected chi connectivity index (χ3v) is 2.93. The molecule has 1 aromatic carbocycles. The third-order valence-electron chi connectivity index (χ3n) is 2.19. The Morgan fingerprint density at radius 3 is 2.60 bits per heavy atom. The number of rotatable bonds is 5. The molecule has 15 heavy (non-hydrogen) atoms. The van der Waals surface area contributed by atoms with E-state index in [0.29, 0.717) is 10.0 Å². The van der Waals surface area contributed by atoms with Gasteiger partial charge >= 0.3 is 0 Å². The second-order valence-electron chi connectivity index (χ2n) is 3.59. The molecule has 0 aromatic heterocycles. The van der Waals surface area contributed by atoms with E-state index in [0.717, 1.165) is 19.6 Å². The van der Waals surface area contributed by atoms with Gasteiger partial charge in [-0.15, -0.1) is 0 Å². The topological polar surface area (TPSA) is 15.3 Å². The van der Waals surface area contributed by atoms with Crippen LogP contribution in [-0.2, 0) is 6.42 Å². The van der Waals surface area contributed by atoms with Crippen molar-refractivity contribution < 1.29 is 0 Å². The van der Waals surface area contributed by atoms with Crippen molar-refractivity contribution in [2.45, 2.75) is 6.42 Å². The van der Waals surface area contributed by atoms with Crippen LogP contribution in [0.15, 0.2) is 18.2 Å². The number of likely N-dealkylation sites (N-methyl/N-ethyl adjacent to an activating group) is 1. The standard InChI is InChI=1S/C11H16Cl2N2/c1-14-8-15(2)6-5-9-3-4-10(12)11(13)7-9/h3-4,7,14H,5-6,8H2,1-2H3. The Morgan fingerprint density at radius 1 is 1.27 bits per heavy atom. The van der Waals surface area contributed by atoms with E-state index in [1.165, 1.54) is 5.56 Å². The van der Waals surface area contributed by atoms with Gasteiger partial charge in [-0.25, -0.2) is 0 Å². The minimum absolute atomic E-state index is 0.615. The summed E-state index contributed by atoms with van der Waals surface area (Å²) in [4.78, 5) is 2.21. The molecule has 0 heterocycles. The highest BCUT2D eigenvalue weighted by Gasteiger charge is 2.01. The molecule has 0 fully saturated rings. The van der Waals surface area contributed by atoms with Crippen LogP contribution < -0.4 is 5.32 Å². The van der Waals surface area contributed by atoms with Crippen molar-refractivity contribution >= 4 is 23.2 Å². The molecule has 1 aromatic rings. The smallest absolute Gasteiger partial charge is 0.0595 e. The van der Waals surface area contributed by atoms with Crippen LogP contribution in [0.3, 0.4) is 0 Å². The zero-order valence-electron chi connectivity index (χ0n) is 9.06. The molecular formula is C11H16Cl2N2. The van der Waals surface area contributed by atoms with Crippen molar-refractivity contribution in [1.29, 1.82) is 0 Å². The van der Waals surface area contributed by atoms with Crippen molar-refractivity contribution in [2.75, 3.05) is 27.3 Å². The predicted molar refractivity (Wildman–Crippen MR) is 66.7 cm³/mol. The number of nitrogens with one attached hydrogen (secondary N) is 1. The summed E-state index contributed by atoms with van der Waals surface area (Å²) >= 11 is 11.8. The molecule has 0 radical (unpaired) electrons. The lowest BCUT2D eigenvalue weighted by Gasteiger charge is -2.15. The van der Waals surface area contributed by atoms with Crippen molar-refractivity contribution in [3.05, 3.63) is 33.8 Å². The summed E-state index contributed by atoms with van der Waals surface area (Å²) in [5.41, 5.74) is 1.22. The van der Waals surface area contributed by atoms with Crippen LogP contribution in [-0.4, -0.2) is 32.2 Å². The lowest BCUT2D eigenvalue weighted by molar-refractivity contribution is 0.321. The van der Waals surface area contributed by atoms with E-state index in [1.54, 1.807) is 0 Å². The molecule has 0 unspecified atom stereocenters. The van der Waals surface area contributed by atoms with Gasteiger partial charge in [-0.2, -0.15) is 0 Å². The maximum absolute atomic E-state index is 5.93. The van der Waals surface area contributed by atoms with Crippen molar-refractivity contribution in [2.24, 2.45) is 0 Å². The highest BCUT2D eigenvalue weighted by Crippen LogP contribution is 2.22. The molecule has 1 N–H and O–H groups in total. The van der Waals surface area contributed by atoms with Crippen LogP contribution in [0.4, 0.5) is 0 Å². The van der Waals surface area contributed by atoms with E-state index in [1.807, 2.05) is 25.2 Å². The molecule has 0 aliphatic rings. The molecule has 0 aliphatic carbocycles. The normalized spacial score (nSPS) is 11.0. The quantitative estimate of drug-likeness (QED) is 0.804. The number of nitrogens with zero attached hydrogens (tertiary/aromatic N) is 1. The monoisotopic (exact) mass is 246 g/mol. The van der Waals surface area contributed by atoms with Crippen LogP contribution in [0.2, 0.25) is 10.0 Å². The van der Waals surface area contributed by atoms with Crippen molar-refractivity contribution in [3.63, 3.8) is 0 Å². The van der Waals surface area contributed by atoms with Gasteiger partial charge in [0.1, 0.15) is 0 Å². The van der Waals surface area contributed by atoms with Gasteiger partial charge in [-0.3, -0.25) is 4.90 Å². The van der Waals surface area contributed by atoms with Gasteiger partial charge in [0.25, 0.3) is 0 Å². The summed E-state index contributed by atoms with van der Waals surface area (Å²) in [6.07, 6.45) is 0.981. The second kappa shape index (κ2) is 6.33. The van der Waals surface area contributed by atoms with E-state index in [4.69, 9.17) is 23.2 Å². The summed E-state index contributed by atoms with van der Waals surface area (Å²) in [6.45, 7) is 1.89. The summed E-state index contributed by atoms with van der Waals surface area (Å²) in [7, 11) is 4.02. The van der Waals surface area contributed by atoms with E-state index < -0.39 is 0 Å². The van der Waals surface area contributed by atoms with E-state index in [-0.39, 0.29) is 0 Å². The molecule has 0 saturated carbocycles. The maximum atomic E-state index is 5.93. The summed E-state index contributed by atoms with van der Waals surface area (Å²) in [6, 6.07) is 5.79. The van der Waals surface area contributed by atoms with Gasteiger partial charge in [0.05, 0.1) is 10.0 Å². The summed E-state index contributed by atoms with van der Waals surface area (Å²) in [5, 5.41) is 4.35. The van der Waals surface area contributed by atoms with Gasteiger partial charge in [-0.1, -0.05) is 29.3 Å². The Bertz CT molecular complexity index is 315. The van der Waals surface area contributed by atoms with Crippen LogP contribution >= 0.6 is 23.2 Å². The van der Waals surface area contributed by atoms with E-state index in [9.17, 15) is 0 Å². The Hall–Kier alpha value is -0.280. The number of hydrogen-bond donors (Lipinski definition) is 1. The first kappa shape index (κ1) is 12.8. The summed E-state index contributed by atoms with van der Waals surface area (Å²) in [5.74, 6) is 0. The molecule has 0 spiro atoms. The zero-order valence-corrected chi connectivity index (χ0v) is 10.6. The Kier molecular flexibility index (Phi) is 5.40. The molecule has 0 atom stereocenters. The van der Waals surface area contributed by atoms with Crippen LogP contribution in [0.1, 0.15) is 5.56 Å². The maximum Gasteiger partial charge on any atom is 0.0595 e. The minimum Gasteiger partial charge on any atom is -0.307 e. The lowest BCUT2D eigenvalue weighted by Crippen LogP contribution is -2.30. The fourth-order valence-corrected chi connectivity index (χ4v) is 1.68. The average molecular weight is 247 g/mol. The van der Waals surface area contributed by atoms with Crippen molar-refractivity contribution in [3.8, 4) is 0 Å². The fraction of sp³-hybridized carbons (Fsp3) is 0.455. The first-order chi connectivity index (χ1) is 7.13. The van der Waals surface area contributed by atoms with Crippen LogP contribution in [0.5, 0.6) is 0 Å². The summed E-state index contributed by atoms with van der Waals surface area (Å²) < 4.78 is 0. The Labute approximate surface area is 101 Å². The molecule has 2 nitrogen and oxygen atoms in total. The molecule has 0 bridgehead atoms. The lowest BCUT2D eigenvalue weighted by atomic mass is 10.1.